The second-order valence-corrected chi connectivity index (χ2v) is 5.16. The van der Waals surface area contributed by atoms with Crippen LogP contribution < -0.4 is 5.32 Å². The zero-order valence-electron chi connectivity index (χ0n) is 11.2. The molecule has 0 aromatic rings. The third kappa shape index (κ3) is 4.36. The molecule has 1 saturated heterocycles. The Morgan fingerprint density at radius 2 is 1.59 bits per heavy atom. The maximum absolute atomic E-state index is 12.3. The number of nitrogens with zero attached hydrogens (tertiary/aromatic N) is 1. The van der Waals surface area contributed by atoms with Crippen LogP contribution in [0.1, 0.15) is 46.5 Å². The number of amides is 2. The molecule has 1 N–H and O–H groups in total. The lowest BCUT2D eigenvalue weighted by Crippen LogP contribution is -2.51. The van der Waals surface area contributed by atoms with Crippen molar-refractivity contribution in [2.75, 3.05) is 13.1 Å². The van der Waals surface area contributed by atoms with Gasteiger partial charge in [0.1, 0.15) is 6.04 Å². The molecule has 0 spiro atoms. The number of likely N-dealkylation sites (tertiary alicyclic amines) is 1. The van der Waals surface area contributed by atoms with E-state index in [0.717, 1.165) is 25.9 Å². The van der Waals surface area contributed by atoms with Gasteiger partial charge in [-0.25, -0.2) is 0 Å². The van der Waals surface area contributed by atoms with Crippen LogP contribution in [-0.4, -0.2) is 35.8 Å². The minimum absolute atomic E-state index is 0.0806. The highest BCUT2D eigenvalue weighted by molar-refractivity contribution is 5.87. The Labute approximate surface area is 104 Å². The van der Waals surface area contributed by atoms with Crippen LogP contribution in [0.25, 0.3) is 0 Å². The molecule has 1 heterocycles. The highest BCUT2D eigenvalue weighted by atomic mass is 16.2. The quantitative estimate of drug-likeness (QED) is 0.813. The lowest BCUT2D eigenvalue weighted by atomic mass is 10.0. The summed E-state index contributed by atoms with van der Waals surface area (Å²) >= 11 is 0. The van der Waals surface area contributed by atoms with Crippen LogP contribution in [-0.2, 0) is 9.59 Å². The second-order valence-electron chi connectivity index (χ2n) is 5.16. The molecular weight excluding hydrogens is 216 g/mol. The van der Waals surface area contributed by atoms with E-state index in [1.54, 1.807) is 0 Å². The Kier molecular flexibility index (Phi) is 5.45. The first-order valence-electron chi connectivity index (χ1n) is 6.58. The van der Waals surface area contributed by atoms with Crippen molar-refractivity contribution in [3.8, 4) is 0 Å². The normalized spacial score (nSPS) is 18.7. The molecule has 4 heteroatoms. The fraction of sp³-hybridized carbons (Fsp3) is 0.846. The number of hydrogen-bond donors (Lipinski definition) is 1. The largest absolute Gasteiger partial charge is 0.344 e. The molecule has 1 aliphatic rings. The molecule has 1 atom stereocenters. The Morgan fingerprint density at radius 3 is 2.00 bits per heavy atom. The standard InChI is InChI=1S/C13H24N2O2/c1-10(2)12(14-11(3)16)13(17)15-8-6-4-5-7-9-15/h10,12H,4-9H2,1-3H3,(H,14,16)/t12-/m0/s1. The van der Waals surface area contributed by atoms with E-state index in [4.69, 9.17) is 0 Å². The minimum Gasteiger partial charge on any atom is -0.344 e. The van der Waals surface area contributed by atoms with E-state index in [2.05, 4.69) is 5.32 Å². The zero-order chi connectivity index (χ0) is 12.8. The summed E-state index contributed by atoms with van der Waals surface area (Å²) in [6, 6.07) is -0.370. The Hall–Kier alpha value is -1.06. The van der Waals surface area contributed by atoms with Gasteiger partial charge in [-0.1, -0.05) is 26.7 Å². The molecule has 0 aromatic carbocycles. The number of hydrogen-bond acceptors (Lipinski definition) is 2. The van der Waals surface area contributed by atoms with Gasteiger partial charge >= 0.3 is 0 Å². The van der Waals surface area contributed by atoms with E-state index in [0.29, 0.717) is 0 Å². The second kappa shape index (κ2) is 6.62. The summed E-state index contributed by atoms with van der Waals surface area (Å²) in [4.78, 5) is 25.4. The third-order valence-corrected chi connectivity index (χ3v) is 3.21. The molecule has 1 aliphatic heterocycles. The van der Waals surface area contributed by atoms with Crippen LogP contribution in [0.2, 0.25) is 0 Å². The predicted molar refractivity (Wildman–Crippen MR) is 67.5 cm³/mol. The monoisotopic (exact) mass is 240 g/mol. The fourth-order valence-corrected chi connectivity index (χ4v) is 2.22. The highest BCUT2D eigenvalue weighted by Crippen LogP contribution is 2.13. The van der Waals surface area contributed by atoms with Gasteiger partial charge in [0.05, 0.1) is 0 Å². The van der Waals surface area contributed by atoms with Crippen LogP contribution in [0, 0.1) is 5.92 Å². The van der Waals surface area contributed by atoms with Gasteiger partial charge in [-0.05, 0) is 18.8 Å². The molecule has 0 bridgehead atoms. The topological polar surface area (TPSA) is 49.4 Å². The van der Waals surface area contributed by atoms with E-state index >= 15 is 0 Å². The van der Waals surface area contributed by atoms with Gasteiger partial charge in [-0.3, -0.25) is 9.59 Å². The Morgan fingerprint density at radius 1 is 1.06 bits per heavy atom. The zero-order valence-corrected chi connectivity index (χ0v) is 11.2. The van der Waals surface area contributed by atoms with Crippen LogP contribution >= 0.6 is 0 Å². The van der Waals surface area contributed by atoms with Gasteiger partial charge in [-0.2, -0.15) is 0 Å². The van der Waals surface area contributed by atoms with E-state index in [-0.39, 0.29) is 23.8 Å². The van der Waals surface area contributed by atoms with Crippen LogP contribution in [0.5, 0.6) is 0 Å². The molecule has 0 unspecified atom stereocenters. The van der Waals surface area contributed by atoms with Crippen molar-refractivity contribution in [2.24, 2.45) is 5.92 Å². The minimum atomic E-state index is -0.370. The summed E-state index contributed by atoms with van der Waals surface area (Å²) < 4.78 is 0. The van der Waals surface area contributed by atoms with Crippen molar-refractivity contribution < 1.29 is 9.59 Å². The SMILES string of the molecule is CC(=O)N[C@H](C(=O)N1CCCCCC1)C(C)C. The summed E-state index contributed by atoms with van der Waals surface area (Å²) in [5, 5.41) is 2.77. The first-order valence-corrected chi connectivity index (χ1v) is 6.58. The van der Waals surface area contributed by atoms with Crippen LogP contribution in [0.4, 0.5) is 0 Å². The first-order chi connectivity index (χ1) is 8.02. The van der Waals surface area contributed by atoms with Crippen LogP contribution in [0.3, 0.4) is 0 Å². The summed E-state index contributed by atoms with van der Waals surface area (Å²) in [7, 11) is 0. The molecule has 0 radical (unpaired) electrons. The lowest BCUT2D eigenvalue weighted by molar-refractivity contribution is -0.137. The van der Waals surface area contributed by atoms with Gasteiger partial charge in [-0.15, -0.1) is 0 Å². The average molecular weight is 240 g/mol. The van der Waals surface area contributed by atoms with Gasteiger partial charge in [0, 0.05) is 20.0 Å². The van der Waals surface area contributed by atoms with E-state index in [9.17, 15) is 9.59 Å². The van der Waals surface area contributed by atoms with Gasteiger partial charge < -0.3 is 10.2 Å². The molecule has 0 aliphatic carbocycles. The smallest absolute Gasteiger partial charge is 0.245 e. The van der Waals surface area contributed by atoms with E-state index in [1.165, 1.54) is 19.8 Å². The van der Waals surface area contributed by atoms with Gasteiger partial charge in [0.25, 0.3) is 0 Å². The molecule has 98 valence electrons. The molecule has 0 saturated carbocycles. The maximum atomic E-state index is 12.3. The Balaban J connectivity index is 2.65. The molecule has 2 amide bonds. The first kappa shape index (κ1) is 14.0. The number of rotatable bonds is 3. The number of carbonyl (C=O) groups is 2. The van der Waals surface area contributed by atoms with Gasteiger partial charge in [0.15, 0.2) is 0 Å². The van der Waals surface area contributed by atoms with Crippen molar-refractivity contribution in [1.29, 1.82) is 0 Å². The lowest BCUT2D eigenvalue weighted by Gasteiger charge is -2.28. The van der Waals surface area contributed by atoms with Crippen molar-refractivity contribution in [3.63, 3.8) is 0 Å². The molecule has 1 fully saturated rings. The maximum Gasteiger partial charge on any atom is 0.245 e. The van der Waals surface area contributed by atoms with E-state index in [1.807, 2.05) is 18.7 Å². The summed E-state index contributed by atoms with van der Waals surface area (Å²) in [5.41, 5.74) is 0. The molecular formula is C13H24N2O2. The molecule has 1 rings (SSSR count). The third-order valence-electron chi connectivity index (χ3n) is 3.21. The average Bonchev–Trinajstić information content (AvgIpc) is 2.52. The van der Waals surface area contributed by atoms with Crippen molar-refractivity contribution in [2.45, 2.75) is 52.5 Å². The Bertz CT molecular complexity index is 269. The molecule has 0 aromatic heterocycles. The summed E-state index contributed by atoms with van der Waals surface area (Å²) in [5.74, 6) is 0.0821. The number of nitrogens with one attached hydrogen (secondary N) is 1. The van der Waals surface area contributed by atoms with Crippen molar-refractivity contribution in [3.05, 3.63) is 0 Å². The predicted octanol–water partition coefficient (Wildman–Crippen LogP) is 1.55. The van der Waals surface area contributed by atoms with Gasteiger partial charge in [0.2, 0.25) is 11.8 Å². The fourth-order valence-electron chi connectivity index (χ4n) is 2.22. The van der Waals surface area contributed by atoms with Crippen molar-refractivity contribution >= 4 is 11.8 Å². The number of carbonyl (C=O) groups excluding carboxylic acids is 2. The molecule has 4 nitrogen and oxygen atoms in total. The summed E-state index contributed by atoms with van der Waals surface area (Å²) in [6.45, 7) is 7.07. The highest BCUT2D eigenvalue weighted by Gasteiger charge is 2.27. The van der Waals surface area contributed by atoms with Crippen LogP contribution in [0.15, 0.2) is 0 Å². The van der Waals surface area contributed by atoms with Crippen molar-refractivity contribution in [1.82, 2.24) is 10.2 Å². The van der Waals surface area contributed by atoms with E-state index < -0.39 is 0 Å². The summed E-state index contributed by atoms with van der Waals surface area (Å²) in [6.07, 6.45) is 4.57. The molecule has 17 heavy (non-hydrogen) atoms.